The average molecular weight is 407 g/mol. The van der Waals surface area contributed by atoms with Crippen LogP contribution in [0.25, 0.3) is 0 Å². The van der Waals surface area contributed by atoms with Crippen LogP contribution in [-0.2, 0) is 13.6 Å². The van der Waals surface area contributed by atoms with Gasteiger partial charge in [0.1, 0.15) is 0 Å². The number of hydrogen-bond donors (Lipinski definition) is 1. The van der Waals surface area contributed by atoms with Gasteiger partial charge in [-0.3, -0.25) is 14.4 Å². The second kappa shape index (κ2) is 7.37. The first-order chi connectivity index (χ1) is 11.9. The largest absolute Gasteiger partial charge is 0.476 e. The highest BCUT2D eigenvalue weighted by Crippen LogP contribution is 2.16. The number of carbonyl (C=O) groups excluding carboxylic acids is 1. The minimum Gasteiger partial charge on any atom is -0.476 e. The van der Waals surface area contributed by atoms with Gasteiger partial charge in [0.2, 0.25) is 0 Å². The topological polar surface area (TPSA) is 78.7 Å². The molecule has 1 fully saturated rings. The third kappa shape index (κ3) is 4.08. The van der Waals surface area contributed by atoms with Gasteiger partial charge in [0.05, 0.1) is 5.56 Å². The molecule has 7 nitrogen and oxygen atoms in total. The Morgan fingerprint density at radius 1 is 1.24 bits per heavy atom. The van der Waals surface area contributed by atoms with Crippen molar-refractivity contribution >= 4 is 27.8 Å². The third-order valence-corrected chi connectivity index (χ3v) is 4.71. The maximum Gasteiger partial charge on any atom is 0.357 e. The van der Waals surface area contributed by atoms with Gasteiger partial charge in [0, 0.05) is 50.4 Å². The summed E-state index contributed by atoms with van der Waals surface area (Å²) < 4.78 is 2.41. The molecule has 3 rings (SSSR count). The number of carboxylic acid groups (broad SMARTS) is 1. The quantitative estimate of drug-likeness (QED) is 0.837. The fraction of sp³-hybridized carbons (Fsp3) is 0.353. The molecule has 8 heteroatoms. The van der Waals surface area contributed by atoms with Gasteiger partial charge in [-0.2, -0.15) is 5.10 Å². The predicted molar refractivity (Wildman–Crippen MR) is 95.5 cm³/mol. The Labute approximate surface area is 154 Å². The zero-order valence-electron chi connectivity index (χ0n) is 13.9. The predicted octanol–water partition coefficient (Wildman–Crippen LogP) is 1.84. The van der Waals surface area contributed by atoms with Crippen LogP contribution in [0.15, 0.2) is 34.9 Å². The van der Waals surface area contributed by atoms with Gasteiger partial charge >= 0.3 is 5.97 Å². The second-order valence-electron chi connectivity index (χ2n) is 6.07. The van der Waals surface area contributed by atoms with Crippen molar-refractivity contribution in [1.82, 2.24) is 19.6 Å². The second-order valence-corrected chi connectivity index (χ2v) is 6.98. The highest BCUT2D eigenvalue weighted by Gasteiger charge is 2.27. The molecule has 0 unspecified atom stereocenters. The Kier molecular flexibility index (Phi) is 5.19. The van der Waals surface area contributed by atoms with E-state index < -0.39 is 5.97 Å². The molecule has 2 heterocycles. The standard InChI is InChI=1S/C17H19BrN4O3/c1-20-11-14(15(19-20)17(24)25)16(23)22-7-5-21(6-8-22)10-12-3-2-4-13(18)9-12/h2-4,9,11H,5-8,10H2,1H3,(H,24,25). The summed E-state index contributed by atoms with van der Waals surface area (Å²) >= 11 is 3.47. The van der Waals surface area contributed by atoms with Crippen molar-refractivity contribution in [2.75, 3.05) is 26.2 Å². The molecule has 0 radical (unpaired) electrons. The molecule has 1 aromatic heterocycles. The van der Waals surface area contributed by atoms with Crippen LogP contribution in [0.5, 0.6) is 0 Å². The average Bonchev–Trinajstić information content (AvgIpc) is 2.97. The number of nitrogens with zero attached hydrogens (tertiary/aromatic N) is 4. The molecular formula is C17H19BrN4O3. The SMILES string of the molecule is Cn1cc(C(=O)N2CCN(Cc3cccc(Br)c3)CC2)c(C(=O)O)n1. The summed E-state index contributed by atoms with van der Waals surface area (Å²) in [5.41, 5.74) is 1.18. The van der Waals surface area contributed by atoms with E-state index in [1.165, 1.54) is 16.4 Å². The van der Waals surface area contributed by atoms with E-state index in [1.54, 1.807) is 11.9 Å². The van der Waals surface area contributed by atoms with Crippen LogP contribution in [0.3, 0.4) is 0 Å². The number of benzene rings is 1. The van der Waals surface area contributed by atoms with Crippen molar-refractivity contribution in [2.45, 2.75) is 6.54 Å². The lowest BCUT2D eigenvalue weighted by Crippen LogP contribution is -2.48. The molecule has 1 N–H and O–H groups in total. The zero-order chi connectivity index (χ0) is 18.0. The molecule has 1 aromatic carbocycles. The van der Waals surface area contributed by atoms with Crippen molar-refractivity contribution < 1.29 is 14.7 Å². The summed E-state index contributed by atoms with van der Waals surface area (Å²) in [5.74, 6) is -1.45. The van der Waals surface area contributed by atoms with Gasteiger partial charge in [-0.05, 0) is 17.7 Å². The van der Waals surface area contributed by atoms with Gasteiger partial charge in [0.25, 0.3) is 5.91 Å². The van der Waals surface area contributed by atoms with Gasteiger partial charge in [-0.25, -0.2) is 4.79 Å². The van der Waals surface area contributed by atoms with E-state index in [9.17, 15) is 14.7 Å². The monoisotopic (exact) mass is 406 g/mol. The van der Waals surface area contributed by atoms with Gasteiger partial charge in [0.15, 0.2) is 5.69 Å². The molecule has 25 heavy (non-hydrogen) atoms. The van der Waals surface area contributed by atoms with Gasteiger partial charge < -0.3 is 10.0 Å². The Bertz CT molecular complexity index is 797. The van der Waals surface area contributed by atoms with E-state index in [1.807, 2.05) is 12.1 Å². The maximum absolute atomic E-state index is 12.6. The van der Waals surface area contributed by atoms with Crippen LogP contribution in [0.4, 0.5) is 0 Å². The van der Waals surface area contributed by atoms with E-state index in [-0.39, 0.29) is 17.2 Å². The molecule has 132 valence electrons. The first kappa shape index (κ1) is 17.6. The van der Waals surface area contributed by atoms with E-state index in [2.05, 4.69) is 38.1 Å². The van der Waals surface area contributed by atoms with Crippen LogP contribution in [0, 0.1) is 0 Å². The molecular weight excluding hydrogens is 388 g/mol. The van der Waals surface area contributed by atoms with E-state index in [4.69, 9.17) is 0 Å². The lowest BCUT2D eigenvalue weighted by Gasteiger charge is -2.34. The molecule has 1 aliphatic rings. The molecule has 1 saturated heterocycles. The van der Waals surface area contributed by atoms with Crippen LogP contribution in [-0.4, -0.2) is 62.7 Å². The summed E-state index contributed by atoms with van der Waals surface area (Å²) in [7, 11) is 1.61. The third-order valence-electron chi connectivity index (χ3n) is 4.22. The first-order valence-electron chi connectivity index (χ1n) is 7.97. The summed E-state index contributed by atoms with van der Waals surface area (Å²) in [4.78, 5) is 27.9. The van der Waals surface area contributed by atoms with Crippen molar-refractivity contribution in [3.63, 3.8) is 0 Å². The van der Waals surface area contributed by atoms with Gasteiger partial charge in [-0.1, -0.05) is 28.1 Å². The molecule has 2 aromatic rings. The fourth-order valence-corrected chi connectivity index (χ4v) is 3.42. The van der Waals surface area contributed by atoms with Crippen LogP contribution in [0.1, 0.15) is 26.4 Å². The summed E-state index contributed by atoms with van der Waals surface area (Å²) in [6.07, 6.45) is 1.47. The highest BCUT2D eigenvalue weighted by atomic mass is 79.9. The molecule has 1 aliphatic heterocycles. The Hall–Kier alpha value is -2.19. The maximum atomic E-state index is 12.6. The molecule has 0 bridgehead atoms. The number of hydrogen-bond acceptors (Lipinski definition) is 4. The van der Waals surface area contributed by atoms with E-state index in [0.717, 1.165) is 24.1 Å². The van der Waals surface area contributed by atoms with Gasteiger partial charge in [-0.15, -0.1) is 0 Å². The van der Waals surface area contributed by atoms with Crippen molar-refractivity contribution in [3.8, 4) is 0 Å². The van der Waals surface area contributed by atoms with Crippen LogP contribution >= 0.6 is 15.9 Å². The van der Waals surface area contributed by atoms with E-state index >= 15 is 0 Å². The minimum atomic E-state index is -1.18. The lowest BCUT2D eigenvalue weighted by molar-refractivity contribution is 0.0608. The molecule has 0 spiro atoms. The molecule has 0 atom stereocenters. The Morgan fingerprint density at radius 3 is 2.60 bits per heavy atom. The zero-order valence-corrected chi connectivity index (χ0v) is 15.4. The van der Waals surface area contributed by atoms with Crippen LogP contribution < -0.4 is 0 Å². The number of piperazine rings is 1. The smallest absolute Gasteiger partial charge is 0.357 e. The lowest BCUT2D eigenvalue weighted by atomic mass is 10.1. The number of carbonyl (C=O) groups is 2. The number of rotatable bonds is 4. The van der Waals surface area contributed by atoms with E-state index in [0.29, 0.717) is 13.1 Å². The van der Waals surface area contributed by atoms with Crippen LogP contribution in [0.2, 0.25) is 0 Å². The number of aryl methyl sites for hydroxylation is 1. The number of amides is 1. The fourth-order valence-electron chi connectivity index (χ4n) is 2.98. The highest BCUT2D eigenvalue weighted by molar-refractivity contribution is 9.10. The molecule has 0 saturated carbocycles. The normalized spacial score (nSPS) is 15.4. The number of carboxylic acids is 1. The summed E-state index contributed by atoms with van der Waals surface area (Å²) in [5, 5.41) is 13.1. The Balaban J connectivity index is 1.62. The Morgan fingerprint density at radius 2 is 1.96 bits per heavy atom. The molecule has 0 aliphatic carbocycles. The summed E-state index contributed by atoms with van der Waals surface area (Å²) in [6.45, 7) is 3.47. The molecule has 1 amide bonds. The van der Waals surface area contributed by atoms with Crippen molar-refractivity contribution in [1.29, 1.82) is 0 Å². The minimum absolute atomic E-state index is 0.149. The number of aromatic nitrogens is 2. The van der Waals surface area contributed by atoms with Crippen molar-refractivity contribution in [2.24, 2.45) is 7.05 Å². The number of aromatic carboxylic acids is 1. The van der Waals surface area contributed by atoms with Crippen molar-refractivity contribution in [3.05, 3.63) is 51.8 Å². The number of halogens is 1. The summed E-state index contributed by atoms with van der Waals surface area (Å²) in [6, 6.07) is 8.17. The first-order valence-corrected chi connectivity index (χ1v) is 8.76.